The van der Waals surface area contributed by atoms with Gasteiger partial charge in [0.2, 0.25) is 5.75 Å². The Morgan fingerprint density at radius 2 is 1.78 bits per heavy atom. The van der Waals surface area contributed by atoms with E-state index in [9.17, 15) is 19.8 Å². The quantitative estimate of drug-likeness (QED) is 0.179. The normalized spacial score (nSPS) is 10.6. The molecule has 0 bridgehead atoms. The van der Waals surface area contributed by atoms with Crippen LogP contribution >= 0.6 is 0 Å². The Bertz CT molecular complexity index is 559. The number of unbranched alkanes of at least 4 members (excludes halogenated alkanes) is 1. The van der Waals surface area contributed by atoms with Crippen LogP contribution in [0.1, 0.15) is 30.1 Å². The molecule has 0 atom stereocenters. The summed E-state index contributed by atoms with van der Waals surface area (Å²) in [6.45, 7) is 1.13. The molecular weight excluding hydrogens is 314 g/mol. The van der Waals surface area contributed by atoms with E-state index in [0.717, 1.165) is 19.1 Å². The molecule has 0 saturated carbocycles. The molecule has 23 heavy (non-hydrogen) atoms. The molecule has 10 nitrogen and oxygen atoms in total. The predicted molar refractivity (Wildman–Crippen MR) is 72.0 cm³/mol. The zero-order valence-corrected chi connectivity index (χ0v) is 12.3. The number of esters is 2. The summed E-state index contributed by atoms with van der Waals surface area (Å²) in [5.41, 5.74) is -0.107. The summed E-state index contributed by atoms with van der Waals surface area (Å²) in [6.07, 6.45) is 0.783. The molecule has 128 valence electrons. The number of nitrogens with zero attached hydrogens (tertiary/aromatic N) is 1. The number of aromatic hydroxyl groups is 2. The second-order valence-electron chi connectivity index (χ2n) is 4.36. The molecule has 0 spiro atoms. The molecular formula is C13H17NO9. The molecule has 0 aliphatic carbocycles. The molecule has 1 aromatic rings. The molecule has 10 heteroatoms. The first kappa shape index (κ1) is 18.6. The Kier molecular flexibility index (Phi) is 7.22. The van der Waals surface area contributed by atoms with Gasteiger partial charge in [0.1, 0.15) is 0 Å². The number of hydrogen-bond donors (Lipinski definition) is 4. The SMILES string of the molecule is CC(=O)Oc1cc(C(=O)OCCCCON(O)O)cc(O)c1O. The first-order valence-electron chi connectivity index (χ1n) is 6.53. The molecule has 1 rings (SSSR count). The summed E-state index contributed by atoms with van der Waals surface area (Å²) in [7, 11) is 0. The van der Waals surface area contributed by atoms with Gasteiger partial charge in [-0.25, -0.2) is 4.79 Å². The van der Waals surface area contributed by atoms with E-state index in [1.54, 1.807) is 0 Å². The summed E-state index contributed by atoms with van der Waals surface area (Å²) in [5, 5.41) is 35.2. The maximum absolute atomic E-state index is 11.8. The standard InChI is InChI=1S/C13H17NO9/c1-8(15)23-11-7-9(6-10(16)12(11)17)13(18)21-4-2-3-5-22-14(19)20/h6-7,16-17,19-20H,2-5H2,1H3. The smallest absolute Gasteiger partial charge is 0.338 e. The van der Waals surface area contributed by atoms with Gasteiger partial charge < -0.3 is 19.7 Å². The molecule has 0 aliphatic rings. The summed E-state index contributed by atoms with van der Waals surface area (Å²) < 4.78 is 9.60. The molecule has 0 amide bonds. The van der Waals surface area contributed by atoms with E-state index < -0.39 is 28.8 Å². The van der Waals surface area contributed by atoms with Gasteiger partial charge in [0.05, 0.1) is 24.2 Å². The van der Waals surface area contributed by atoms with Gasteiger partial charge in [-0.15, -0.1) is 0 Å². The molecule has 0 aliphatic heterocycles. The summed E-state index contributed by atoms with van der Waals surface area (Å²) in [6, 6.07) is 2.04. The number of hydrogen-bond acceptors (Lipinski definition) is 10. The fourth-order valence-electron chi connectivity index (χ4n) is 1.54. The van der Waals surface area contributed by atoms with E-state index >= 15 is 0 Å². The first-order valence-corrected chi connectivity index (χ1v) is 6.53. The van der Waals surface area contributed by atoms with Crippen LogP contribution in [0.15, 0.2) is 12.1 Å². The Hall–Kier alpha value is -2.40. The number of carbonyl (C=O) groups excluding carboxylic acids is 2. The van der Waals surface area contributed by atoms with Gasteiger partial charge in [-0.2, -0.15) is 0 Å². The zero-order valence-electron chi connectivity index (χ0n) is 12.3. The predicted octanol–water partition coefficient (Wildman–Crippen LogP) is 0.972. The van der Waals surface area contributed by atoms with E-state index in [1.807, 2.05) is 0 Å². The lowest BCUT2D eigenvalue weighted by Crippen LogP contribution is -2.15. The highest BCUT2D eigenvalue weighted by Crippen LogP contribution is 2.36. The molecule has 0 fully saturated rings. The lowest BCUT2D eigenvalue weighted by Gasteiger charge is -2.10. The van der Waals surface area contributed by atoms with Crippen LogP contribution in [-0.4, -0.2) is 51.2 Å². The summed E-state index contributed by atoms with van der Waals surface area (Å²) in [5.74, 6) is -3.17. The minimum absolute atomic E-state index is 0.0150. The summed E-state index contributed by atoms with van der Waals surface area (Å²) >= 11 is 0. The summed E-state index contributed by atoms with van der Waals surface area (Å²) in [4.78, 5) is 27.0. The highest BCUT2D eigenvalue weighted by Gasteiger charge is 2.17. The number of phenols is 2. The lowest BCUT2D eigenvalue weighted by molar-refractivity contribution is -0.492. The van der Waals surface area contributed by atoms with Crippen LogP contribution in [0.25, 0.3) is 0 Å². The van der Waals surface area contributed by atoms with E-state index in [0.29, 0.717) is 12.8 Å². The molecule has 0 aromatic heterocycles. The minimum Gasteiger partial charge on any atom is -0.504 e. The Morgan fingerprint density at radius 3 is 2.39 bits per heavy atom. The van der Waals surface area contributed by atoms with Crippen LogP contribution in [0.5, 0.6) is 17.2 Å². The third kappa shape index (κ3) is 6.48. The van der Waals surface area contributed by atoms with Gasteiger partial charge >= 0.3 is 11.9 Å². The van der Waals surface area contributed by atoms with Crippen molar-refractivity contribution in [3.05, 3.63) is 17.7 Å². The van der Waals surface area contributed by atoms with Gasteiger partial charge in [0.25, 0.3) is 0 Å². The van der Waals surface area contributed by atoms with E-state index in [4.69, 9.17) is 15.2 Å². The Morgan fingerprint density at radius 1 is 1.13 bits per heavy atom. The van der Waals surface area contributed by atoms with Gasteiger partial charge in [-0.05, 0) is 25.0 Å². The Labute approximate surface area is 130 Å². The highest BCUT2D eigenvalue weighted by atomic mass is 17.1. The first-order chi connectivity index (χ1) is 10.8. The molecule has 0 unspecified atom stereocenters. The Balaban J connectivity index is 2.56. The van der Waals surface area contributed by atoms with Gasteiger partial charge in [-0.1, -0.05) is 0 Å². The molecule has 1 aromatic carbocycles. The zero-order chi connectivity index (χ0) is 17.4. The topological polar surface area (TPSA) is 146 Å². The lowest BCUT2D eigenvalue weighted by atomic mass is 10.2. The molecule has 0 heterocycles. The van der Waals surface area contributed by atoms with Crippen LogP contribution in [0.4, 0.5) is 0 Å². The van der Waals surface area contributed by atoms with Crippen molar-refractivity contribution in [2.75, 3.05) is 13.2 Å². The van der Waals surface area contributed by atoms with E-state index in [2.05, 4.69) is 9.57 Å². The van der Waals surface area contributed by atoms with Gasteiger partial charge in [0.15, 0.2) is 11.5 Å². The van der Waals surface area contributed by atoms with Gasteiger partial charge in [0, 0.05) is 6.92 Å². The van der Waals surface area contributed by atoms with E-state index in [-0.39, 0.29) is 24.5 Å². The average molecular weight is 331 g/mol. The van der Waals surface area contributed by atoms with Crippen molar-refractivity contribution >= 4 is 11.9 Å². The third-order valence-electron chi connectivity index (χ3n) is 2.52. The number of ether oxygens (including phenoxy) is 2. The number of phenolic OH excluding ortho intramolecular Hbond substituents is 2. The largest absolute Gasteiger partial charge is 0.504 e. The molecule has 0 saturated heterocycles. The maximum Gasteiger partial charge on any atom is 0.338 e. The van der Waals surface area contributed by atoms with Crippen molar-refractivity contribution in [1.82, 2.24) is 5.39 Å². The second-order valence-corrected chi connectivity index (χ2v) is 4.36. The molecule has 0 radical (unpaired) electrons. The molecule has 4 N–H and O–H groups in total. The minimum atomic E-state index is -0.791. The fraction of sp³-hybridized carbons (Fsp3) is 0.385. The van der Waals surface area contributed by atoms with Crippen LogP contribution < -0.4 is 4.74 Å². The van der Waals surface area contributed by atoms with Crippen LogP contribution in [-0.2, 0) is 14.4 Å². The van der Waals surface area contributed by atoms with Crippen molar-refractivity contribution in [2.45, 2.75) is 19.8 Å². The number of rotatable bonds is 8. The third-order valence-corrected chi connectivity index (χ3v) is 2.52. The van der Waals surface area contributed by atoms with Crippen molar-refractivity contribution < 1.29 is 44.5 Å². The monoisotopic (exact) mass is 331 g/mol. The maximum atomic E-state index is 11.8. The number of benzene rings is 1. The second kappa shape index (κ2) is 8.90. The van der Waals surface area contributed by atoms with Crippen LogP contribution in [0.3, 0.4) is 0 Å². The van der Waals surface area contributed by atoms with E-state index in [1.165, 1.54) is 0 Å². The van der Waals surface area contributed by atoms with Crippen LogP contribution in [0, 0.1) is 0 Å². The highest BCUT2D eigenvalue weighted by molar-refractivity contribution is 5.91. The van der Waals surface area contributed by atoms with Crippen molar-refractivity contribution in [3.8, 4) is 17.2 Å². The fourth-order valence-corrected chi connectivity index (χ4v) is 1.54. The van der Waals surface area contributed by atoms with Crippen molar-refractivity contribution in [2.24, 2.45) is 0 Å². The van der Waals surface area contributed by atoms with Crippen molar-refractivity contribution in [3.63, 3.8) is 0 Å². The van der Waals surface area contributed by atoms with Gasteiger partial charge in [-0.3, -0.25) is 20.0 Å². The average Bonchev–Trinajstić information content (AvgIpc) is 2.46. The number of carbonyl (C=O) groups is 2. The van der Waals surface area contributed by atoms with Crippen LogP contribution in [0.2, 0.25) is 0 Å². The van der Waals surface area contributed by atoms with Crippen molar-refractivity contribution in [1.29, 1.82) is 0 Å².